The van der Waals surface area contributed by atoms with Crippen LogP contribution < -0.4 is 0 Å². The van der Waals surface area contributed by atoms with Crippen LogP contribution in [0, 0.1) is 0 Å². The maximum atomic E-state index is 5.69. The Morgan fingerprint density at radius 3 is 2.32 bits per heavy atom. The Hall–Kier alpha value is -2.09. The molecule has 1 atom stereocenters. The molecule has 0 radical (unpaired) electrons. The van der Waals surface area contributed by atoms with E-state index in [2.05, 4.69) is 41.4 Å². The zero-order valence-electron chi connectivity index (χ0n) is 10.8. The summed E-state index contributed by atoms with van der Waals surface area (Å²) < 4.78 is 5.69. The molecule has 0 saturated carbocycles. The predicted molar refractivity (Wildman–Crippen MR) is 77.3 cm³/mol. The molecule has 1 aliphatic rings. The van der Waals surface area contributed by atoms with Crippen molar-refractivity contribution in [3.05, 3.63) is 71.8 Å². The summed E-state index contributed by atoms with van der Waals surface area (Å²) in [5, 5.41) is 0. The smallest absolute Gasteiger partial charge is 0.184 e. The first-order valence-corrected chi connectivity index (χ1v) is 6.70. The summed E-state index contributed by atoms with van der Waals surface area (Å²) in [4.78, 5) is 4.67. The average Bonchev–Trinajstić information content (AvgIpc) is 2.96. The van der Waals surface area contributed by atoms with Crippen LogP contribution in [0.3, 0.4) is 0 Å². The Morgan fingerprint density at radius 1 is 0.895 bits per heavy atom. The molecule has 2 heteroatoms. The second-order valence-electron chi connectivity index (χ2n) is 4.75. The van der Waals surface area contributed by atoms with E-state index in [0.29, 0.717) is 6.61 Å². The van der Waals surface area contributed by atoms with Gasteiger partial charge in [0.1, 0.15) is 12.6 Å². The van der Waals surface area contributed by atoms with Crippen LogP contribution in [-0.2, 0) is 11.2 Å². The van der Waals surface area contributed by atoms with Crippen LogP contribution in [0.15, 0.2) is 65.7 Å². The summed E-state index contributed by atoms with van der Waals surface area (Å²) in [6.45, 7) is 0.675. The van der Waals surface area contributed by atoms with Crippen LogP contribution in [0.25, 0.3) is 0 Å². The van der Waals surface area contributed by atoms with Gasteiger partial charge < -0.3 is 4.74 Å². The summed E-state index contributed by atoms with van der Waals surface area (Å²) in [5.74, 6) is 0.887. The average molecular weight is 251 g/mol. The summed E-state index contributed by atoms with van der Waals surface area (Å²) in [7, 11) is 0. The van der Waals surface area contributed by atoms with E-state index in [0.717, 1.165) is 18.7 Å². The van der Waals surface area contributed by atoms with Crippen molar-refractivity contribution in [1.82, 2.24) is 0 Å². The van der Waals surface area contributed by atoms with Gasteiger partial charge in [-0.25, -0.2) is 4.99 Å². The highest BCUT2D eigenvalue weighted by Gasteiger charge is 2.19. The summed E-state index contributed by atoms with van der Waals surface area (Å²) in [6.07, 6.45) is 1.87. The van der Waals surface area contributed by atoms with Crippen LogP contribution in [0.5, 0.6) is 0 Å². The standard InChI is InChI=1S/C17H17NO/c1-3-7-14(8-4-1)11-12-17-18-16(13-19-17)15-9-5-2-6-10-15/h1-10,16H,11-13H2. The summed E-state index contributed by atoms with van der Waals surface area (Å²) in [6, 6.07) is 21.0. The normalized spacial score (nSPS) is 17.9. The molecule has 19 heavy (non-hydrogen) atoms. The fourth-order valence-electron chi connectivity index (χ4n) is 2.30. The second-order valence-corrected chi connectivity index (χ2v) is 4.75. The van der Waals surface area contributed by atoms with Gasteiger partial charge in [-0.2, -0.15) is 0 Å². The van der Waals surface area contributed by atoms with E-state index in [4.69, 9.17) is 4.74 Å². The Morgan fingerprint density at radius 2 is 1.58 bits per heavy atom. The number of aryl methyl sites for hydroxylation is 1. The molecule has 0 amide bonds. The van der Waals surface area contributed by atoms with E-state index >= 15 is 0 Å². The molecule has 96 valence electrons. The van der Waals surface area contributed by atoms with E-state index in [1.54, 1.807) is 0 Å². The molecule has 3 rings (SSSR count). The molecule has 2 nitrogen and oxygen atoms in total. The molecule has 0 saturated heterocycles. The highest BCUT2D eigenvalue weighted by Crippen LogP contribution is 2.23. The molecule has 0 spiro atoms. The van der Waals surface area contributed by atoms with Crippen LogP contribution in [0.2, 0.25) is 0 Å². The van der Waals surface area contributed by atoms with E-state index in [1.807, 2.05) is 24.3 Å². The van der Waals surface area contributed by atoms with Gasteiger partial charge in [0, 0.05) is 6.42 Å². The number of benzene rings is 2. The molecule has 0 aliphatic carbocycles. The first kappa shape index (κ1) is 12.0. The lowest BCUT2D eigenvalue weighted by Gasteiger charge is -2.03. The maximum absolute atomic E-state index is 5.69. The van der Waals surface area contributed by atoms with Crippen molar-refractivity contribution in [3.8, 4) is 0 Å². The van der Waals surface area contributed by atoms with Crippen molar-refractivity contribution in [3.63, 3.8) is 0 Å². The number of nitrogens with zero attached hydrogens (tertiary/aromatic N) is 1. The van der Waals surface area contributed by atoms with Crippen molar-refractivity contribution in [2.24, 2.45) is 4.99 Å². The van der Waals surface area contributed by atoms with Crippen molar-refractivity contribution in [1.29, 1.82) is 0 Å². The van der Waals surface area contributed by atoms with Gasteiger partial charge in [-0.15, -0.1) is 0 Å². The largest absolute Gasteiger partial charge is 0.478 e. The fraction of sp³-hybridized carbons (Fsp3) is 0.235. The third-order valence-electron chi connectivity index (χ3n) is 3.36. The van der Waals surface area contributed by atoms with Gasteiger partial charge in [-0.1, -0.05) is 60.7 Å². The molecule has 2 aromatic carbocycles. The van der Waals surface area contributed by atoms with Crippen molar-refractivity contribution < 1.29 is 4.74 Å². The highest BCUT2D eigenvalue weighted by atomic mass is 16.5. The molecular weight excluding hydrogens is 234 g/mol. The fourth-order valence-corrected chi connectivity index (χ4v) is 2.30. The van der Waals surface area contributed by atoms with Crippen LogP contribution in [0.1, 0.15) is 23.6 Å². The quantitative estimate of drug-likeness (QED) is 0.810. The minimum atomic E-state index is 0.173. The zero-order valence-corrected chi connectivity index (χ0v) is 10.8. The zero-order chi connectivity index (χ0) is 12.9. The lowest BCUT2D eigenvalue weighted by molar-refractivity contribution is 0.311. The van der Waals surface area contributed by atoms with Gasteiger partial charge in [-0.05, 0) is 17.5 Å². The lowest BCUT2D eigenvalue weighted by atomic mass is 10.1. The van der Waals surface area contributed by atoms with Crippen molar-refractivity contribution in [2.75, 3.05) is 6.61 Å². The Balaban J connectivity index is 1.61. The number of rotatable bonds is 4. The Labute approximate surface area is 113 Å². The van der Waals surface area contributed by atoms with Gasteiger partial charge in [-0.3, -0.25) is 0 Å². The molecule has 2 aromatic rings. The van der Waals surface area contributed by atoms with E-state index in [1.165, 1.54) is 11.1 Å². The van der Waals surface area contributed by atoms with E-state index < -0.39 is 0 Å². The van der Waals surface area contributed by atoms with E-state index in [9.17, 15) is 0 Å². The first-order valence-electron chi connectivity index (χ1n) is 6.70. The van der Waals surface area contributed by atoms with Crippen molar-refractivity contribution in [2.45, 2.75) is 18.9 Å². The molecule has 1 aliphatic heterocycles. The summed E-state index contributed by atoms with van der Waals surface area (Å²) in [5.41, 5.74) is 2.56. The van der Waals surface area contributed by atoms with Crippen molar-refractivity contribution >= 4 is 5.90 Å². The molecule has 0 bridgehead atoms. The van der Waals surface area contributed by atoms with Gasteiger partial charge in [0.05, 0.1) is 0 Å². The maximum Gasteiger partial charge on any atom is 0.184 e. The molecule has 0 fully saturated rings. The van der Waals surface area contributed by atoms with Gasteiger partial charge in [0.25, 0.3) is 0 Å². The van der Waals surface area contributed by atoms with Gasteiger partial charge in [0.15, 0.2) is 5.90 Å². The number of hydrogen-bond acceptors (Lipinski definition) is 2. The molecule has 0 aromatic heterocycles. The van der Waals surface area contributed by atoms with Gasteiger partial charge in [0.2, 0.25) is 0 Å². The minimum Gasteiger partial charge on any atom is -0.478 e. The summed E-state index contributed by atoms with van der Waals surface area (Å²) >= 11 is 0. The molecule has 1 unspecified atom stereocenters. The van der Waals surface area contributed by atoms with Gasteiger partial charge >= 0.3 is 0 Å². The molecular formula is C17H17NO. The third-order valence-corrected chi connectivity index (χ3v) is 3.36. The monoisotopic (exact) mass is 251 g/mol. The van der Waals surface area contributed by atoms with Crippen LogP contribution in [0.4, 0.5) is 0 Å². The number of ether oxygens (including phenoxy) is 1. The first-order chi connectivity index (χ1) is 9.42. The SMILES string of the molecule is c1ccc(CCC2=NC(c3ccccc3)CO2)cc1. The Bertz CT molecular complexity index is 548. The van der Waals surface area contributed by atoms with Crippen LogP contribution >= 0.6 is 0 Å². The van der Waals surface area contributed by atoms with Crippen LogP contribution in [-0.4, -0.2) is 12.5 Å². The molecule has 1 heterocycles. The number of hydrogen-bond donors (Lipinski definition) is 0. The Kier molecular flexibility index (Phi) is 3.59. The second kappa shape index (κ2) is 5.70. The topological polar surface area (TPSA) is 21.6 Å². The lowest BCUT2D eigenvalue weighted by Crippen LogP contribution is -2.01. The highest BCUT2D eigenvalue weighted by molar-refractivity contribution is 5.78. The molecule has 0 N–H and O–H groups in total. The minimum absolute atomic E-state index is 0.173. The predicted octanol–water partition coefficient (Wildman–Crippen LogP) is 3.79. The third kappa shape index (κ3) is 3.02. The number of aliphatic imine (C=N–C) groups is 1. The van der Waals surface area contributed by atoms with E-state index in [-0.39, 0.29) is 6.04 Å².